The molecule has 1 aromatic carbocycles. The zero-order chi connectivity index (χ0) is 18.8. The van der Waals surface area contributed by atoms with Crippen LogP contribution in [0.4, 0.5) is 0 Å². The molecular formula is C23H30O3S. The SMILES string of the molecule is CCSc1cccc2c1O[C@H]1C[C@@H](O)[C@H](/C=C/C(=O)CC3CCCCC3)[C@@H]21. The summed E-state index contributed by atoms with van der Waals surface area (Å²) in [5.74, 6) is 2.91. The van der Waals surface area contributed by atoms with Gasteiger partial charge in [0.25, 0.3) is 0 Å². The molecule has 146 valence electrons. The lowest BCUT2D eigenvalue weighted by Crippen LogP contribution is -2.17. The Morgan fingerprint density at radius 1 is 1.30 bits per heavy atom. The fourth-order valence-corrected chi connectivity index (χ4v) is 5.89. The molecule has 0 amide bonds. The van der Waals surface area contributed by atoms with Crippen molar-refractivity contribution >= 4 is 17.5 Å². The Labute approximate surface area is 166 Å². The second-order valence-electron chi connectivity index (χ2n) is 8.20. The maximum Gasteiger partial charge on any atom is 0.155 e. The minimum absolute atomic E-state index is 0.0247. The van der Waals surface area contributed by atoms with Crippen molar-refractivity contribution < 1.29 is 14.6 Å². The number of aliphatic hydroxyl groups is 1. The number of hydrogen-bond donors (Lipinski definition) is 1. The topological polar surface area (TPSA) is 46.5 Å². The van der Waals surface area contributed by atoms with Gasteiger partial charge in [-0.15, -0.1) is 11.8 Å². The Kier molecular flexibility index (Phi) is 5.93. The molecule has 0 bridgehead atoms. The number of carbonyl (C=O) groups excluding carboxylic acids is 1. The molecular weight excluding hydrogens is 356 g/mol. The van der Waals surface area contributed by atoms with Crippen molar-refractivity contribution in [3.63, 3.8) is 0 Å². The minimum Gasteiger partial charge on any atom is -0.488 e. The van der Waals surface area contributed by atoms with Gasteiger partial charge in [0.15, 0.2) is 5.78 Å². The van der Waals surface area contributed by atoms with Crippen LogP contribution in [0, 0.1) is 11.8 Å². The third-order valence-corrected chi connectivity index (χ3v) is 7.31. The summed E-state index contributed by atoms with van der Waals surface area (Å²) >= 11 is 1.80. The van der Waals surface area contributed by atoms with Gasteiger partial charge in [-0.1, -0.05) is 57.2 Å². The van der Waals surface area contributed by atoms with E-state index in [1.54, 1.807) is 17.8 Å². The van der Waals surface area contributed by atoms with Gasteiger partial charge < -0.3 is 9.84 Å². The summed E-state index contributed by atoms with van der Waals surface area (Å²) in [5, 5.41) is 10.6. The highest BCUT2D eigenvalue weighted by Crippen LogP contribution is 2.53. The second-order valence-corrected chi connectivity index (χ2v) is 9.51. The van der Waals surface area contributed by atoms with Gasteiger partial charge in [0.1, 0.15) is 11.9 Å². The molecule has 1 aliphatic heterocycles. The summed E-state index contributed by atoms with van der Waals surface area (Å²) in [6.45, 7) is 2.15. The van der Waals surface area contributed by atoms with Gasteiger partial charge >= 0.3 is 0 Å². The summed E-state index contributed by atoms with van der Waals surface area (Å²) < 4.78 is 6.24. The number of ether oxygens (including phenoxy) is 1. The number of rotatable bonds is 6. The first-order chi connectivity index (χ1) is 13.2. The van der Waals surface area contributed by atoms with Crippen molar-refractivity contribution in [1.29, 1.82) is 0 Å². The number of aliphatic hydroxyl groups excluding tert-OH is 1. The Morgan fingerprint density at radius 2 is 2.11 bits per heavy atom. The van der Waals surface area contributed by atoms with E-state index in [1.165, 1.54) is 42.6 Å². The molecule has 4 atom stereocenters. The van der Waals surface area contributed by atoms with E-state index in [0.717, 1.165) is 11.5 Å². The van der Waals surface area contributed by atoms with Crippen LogP contribution in [0.2, 0.25) is 0 Å². The minimum atomic E-state index is -0.436. The van der Waals surface area contributed by atoms with Crippen LogP contribution in [-0.2, 0) is 4.79 Å². The smallest absolute Gasteiger partial charge is 0.155 e. The van der Waals surface area contributed by atoms with Crippen LogP contribution in [-0.4, -0.2) is 28.9 Å². The van der Waals surface area contributed by atoms with Crippen LogP contribution >= 0.6 is 11.8 Å². The van der Waals surface area contributed by atoms with Gasteiger partial charge in [-0.05, 0) is 23.8 Å². The molecule has 0 unspecified atom stereocenters. The molecule has 3 nitrogen and oxygen atoms in total. The van der Waals surface area contributed by atoms with E-state index >= 15 is 0 Å². The van der Waals surface area contributed by atoms with Crippen LogP contribution in [0.25, 0.3) is 0 Å². The zero-order valence-corrected chi connectivity index (χ0v) is 16.9. The van der Waals surface area contributed by atoms with Gasteiger partial charge in [-0.25, -0.2) is 0 Å². The number of allylic oxidation sites excluding steroid dienone is 1. The summed E-state index contributed by atoms with van der Waals surface area (Å²) in [6, 6.07) is 6.33. The fraction of sp³-hybridized carbons (Fsp3) is 0.609. The van der Waals surface area contributed by atoms with Gasteiger partial charge in [-0.2, -0.15) is 0 Å². The zero-order valence-electron chi connectivity index (χ0n) is 16.1. The van der Waals surface area contributed by atoms with Gasteiger partial charge in [0.05, 0.1) is 6.10 Å². The lowest BCUT2D eigenvalue weighted by atomic mass is 9.85. The van der Waals surface area contributed by atoms with E-state index in [9.17, 15) is 9.90 Å². The summed E-state index contributed by atoms with van der Waals surface area (Å²) in [5.41, 5.74) is 1.20. The van der Waals surface area contributed by atoms with E-state index in [1.807, 2.05) is 6.08 Å². The van der Waals surface area contributed by atoms with Crippen molar-refractivity contribution in [2.45, 2.75) is 74.9 Å². The summed E-state index contributed by atoms with van der Waals surface area (Å²) in [7, 11) is 0. The molecule has 1 N–H and O–H groups in total. The number of thioether (sulfide) groups is 1. The number of benzene rings is 1. The fourth-order valence-electron chi connectivity index (χ4n) is 5.11. The maximum atomic E-state index is 12.4. The van der Waals surface area contributed by atoms with Crippen LogP contribution in [0.3, 0.4) is 0 Å². The first kappa shape index (κ1) is 19.1. The standard InChI is InChI=1S/C23H30O3S/c1-2-27-21-10-6-9-18-22-17(19(25)14-20(22)26-23(18)21)12-11-16(24)13-15-7-4-3-5-8-15/h6,9-12,15,17,19-20,22,25H,2-5,7-8,13-14H2,1H3/b12-11+/t17-,19+,20-,22-/m0/s1. The Balaban J connectivity index is 1.47. The molecule has 2 fully saturated rings. The molecule has 0 saturated heterocycles. The molecule has 1 aromatic rings. The van der Waals surface area contributed by atoms with Gasteiger partial charge in [0.2, 0.25) is 0 Å². The van der Waals surface area contributed by atoms with Gasteiger partial charge in [-0.3, -0.25) is 4.79 Å². The van der Waals surface area contributed by atoms with Gasteiger partial charge in [0, 0.05) is 35.1 Å². The number of carbonyl (C=O) groups is 1. The van der Waals surface area contributed by atoms with E-state index in [4.69, 9.17) is 4.74 Å². The average molecular weight is 387 g/mol. The quantitative estimate of drug-likeness (QED) is 0.544. The molecule has 4 heteroatoms. The van der Waals surface area contributed by atoms with Crippen molar-refractivity contribution in [2.75, 3.05) is 5.75 Å². The van der Waals surface area contributed by atoms with Crippen LogP contribution in [0.1, 0.15) is 63.4 Å². The highest BCUT2D eigenvalue weighted by molar-refractivity contribution is 7.99. The molecule has 4 rings (SSSR count). The number of para-hydroxylation sites is 1. The predicted molar refractivity (Wildman–Crippen MR) is 109 cm³/mol. The van der Waals surface area contributed by atoms with Crippen molar-refractivity contribution in [1.82, 2.24) is 0 Å². The number of fused-ring (bicyclic) bond motifs is 3. The van der Waals surface area contributed by atoms with Crippen LogP contribution < -0.4 is 4.74 Å². The monoisotopic (exact) mass is 386 g/mol. The average Bonchev–Trinajstić information content (AvgIpc) is 3.17. The highest BCUT2D eigenvalue weighted by Gasteiger charge is 2.49. The molecule has 2 saturated carbocycles. The molecule has 0 spiro atoms. The molecule has 2 aliphatic carbocycles. The first-order valence-electron chi connectivity index (χ1n) is 10.5. The summed E-state index contributed by atoms with van der Waals surface area (Å²) in [6.07, 6.45) is 10.8. The lowest BCUT2D eigenvalue weighted by molar-refractivity contribution is -0.115. The van der Waals surface area contributed by atoms with E-state index in [-0.39, 0.29) is 23.7 Å². The van der Waals surface area contributed by atoms with Crippen molar-refractivity contribution in [3.8, 4) is 5.75 Å². The van der Waals surface area contributed by atoms with E-state index in [2.05, 4.69) is 25.1 Å². The second kappa shape index (κ2) is 8.40. The van der Waals surface area contributed by atoms with Crippen LogP contribution in [0.15, 0.2) is 35.2 Å². The Bertz CT molecular complexity index is 708. The van der Waals surface area contributed by atoms with Crippen LogP contribution in [0.5, 0.6) is 5.75 Å². The molecule has 0 aromatic heterocycles. The molecule has 1 heterocycles. The molecule has 0 radical (unpaired) electrons. The first-order valence-corrected chi connectivity index (χ1v) is 11.5. The lowest BCUT2D eigenvalue weighted by Gasteiger charge is -2.20. The number of ketones is 1. The third kappa shape index (κ3) is 3.97. The third-order valence-electron chi connectivity index (χ3n) is 6.39. The Morgan fingerprint density at radius 3 is 2.89 bits per heavy atom. The number of hydrogen-bond acceptors (Lipinski definition) is 4. The summed E-state index contributed by atoms with van der Waals surface area (Å²) in [4.78, 5) is 13.6. The maximum absolute atomic E-state index is 12.4. The van der Waals surface area contributed by atoms with E-state index < -0.39 is 6.10 Å². The molecule has 3 aliphatic rings. The molecule has 27 heavy (non-hydrogen) atoms. The van der Waals surface area contributed by atoms with Crippen molar-refractivity contribution in [2.24, 2.45) is 11.8 Å². The highest BCUT2D eigenvalue weighted by atomic mass is 32.2. The Hall–Kier alpha value is -1.26. The van der Waals surface area contributed by atoms with E-state index in [0.29, 0.717) is 18.8 Å². The normalized spacial score (nSPS) is 30.3. The van der Waals surface area contributed by atoms with Crippen molar-refractivity contribution in [3.05, 3.63) is 35.9 Å². The largest absolute Gasteiger partial charge is 0.488 e. The predicted octanol–water partition coefficient (Wildman–Crippen LogP) is 5.12.